The van der Waals surface area contributed by atoms with Crippen molar-refractivity contribution < 1.29 is 4.74 Å². The number of pyridine rings is 1. The Kier molecular flexibility index (Phi) is 4.86. The van der Waals surface area contributed by atoms with Crippen LogP contribution in [0.5, 0.6) is 11.6 Å². The summed E-state index contributed by atoms with van der Waals surface area (Å²) in [6, 6.07) is 9.85. The van der Waals surface area contributed by atoms with Gasteiger partial charge in [-0.25, -0.2) is 4.98 Å². The lowest BCUT2D eigenvalue weighted by molar-refractivity contribution is 0.460. The molecule has 0 bridgehead atoms. The van der Waals surface area contributed by atoms with E-state index in [0.717, 1.165) is 12.0 Å². The van der Waals surface area contributed by atoms with Crippen LogP contribution in [0.15, 0.2) is 36.5 Å². The maximum Gasteiger partial charge on any atom is 0.238 e. The highest BCUT2D eigenvalue weighted by atomic mass is 35.5. The molecule has 0 saturated heterocycles. The van der Waals surface area contributed by atoms with E-state index in [9.17, 15) is 0 Å². The highest BCUT2D eigenvalue weighted by Crippen LogP contribution is 2.32. The first-order valence-corrected chi connectivity index (χ1v) is 7.47. The highest BCUT2D eigenvalue weighted by Gasteiger charge is 2.18. The van der Waals surface area contributed by atoms with E-state index in [1.54, 1.807) is 12.3 Å². The van der Waals surface area contributed by atoms with Crippen molar-refractivity contribution in [3.63, 3.8) is 0 Å². The Morgan fingerprint density at radius 1 is 1.19 bits per heavy atom. The van der Waals surface area contributed by atoms with Crippen molar-refractivity contribution in [1.29, 1.82) is 0 Å². The standard InChI is InChI=1S/C17H21ClN2O/c1-4-17(2,3)13-5-7-14(8-6-13)21-16-15(18)12(11-19)9-10-20-16/h5-10H,4,11,19H2,1-3H3. The van der Waals surface area contributed by atoms with Gasteiger partial charge in [0.1, 0.15) is 10.8 Å². The van der Waals surface area contributed by atoms with Gasteiger partial charge < -0.3 is 10.5 Å². The van der Waals surface area contributed by atoms with Gasteiger partial charge >= 0.3 is 0 Å². The molecule has 0 aliphatic rings. The van der Waals surface area contributed by atoms with Gasteiger partial charge in [-0.15, -0.1) is 0 Å². The number of rotatable bonds is 5. The molecule has 0 atom stereocenters. The molecule has 1 aromatic carbocycles. The molecule has 0 saturated carbocycles. The van der Waals surface area contributed by atoms with Gasteiger partial charge in [0.05, 0.1) is 0 Å². The van der Waals surface area contributed by atoms with E-state index in [1.807, 2.05) is 12.1 Å². The Hall–Kier alpha value is -1.58. The van der Waals surface area contributed by atoms with Crippen LogP contribution in [0, 0.1) is 0 Å². The second kappa shape index (κ2) is 6.46. The van der Waals surface area contributed by atoms with Crippen LogP contribution in [0.4, 0.5) is 0 Å². The molecule has 2 aromatic rings. The van der Waals surface area contributed by atoms with Crippen LogP contribution in [-0.4, -0.2) is 4.98 Å². The topological polar surface area (TPSA) is 48.1 Å². The van der Waals surface area contributed by atoms with Gasteiger partial charge in [0.15, 0.2) is 0 Å². The third-order valence-corrected chi connectivity index (χ3v) is 4.30. The number of nitrogens with two attached hydrogens (primary N) is 1. The Morgan fingerprint density at radius 2 is 1.86 bits per heavy atom. The van der Waals surface area contributed by atoms with Crippen molar-refractivity contribution in [2.45, 2.75) is 39.2 Å². The third-order valence-electron chi connectivity index (χ3n) is 3.89. The van der Waals surface area contributed by atoms with Crippen LogP contribution in [-0.2, 0) is 12.0 Å². The number of hydrogen-bond acceptors (Lipinski definition) is 3. The summed E-state index contributed by atoms with van der Waals surface area (Å²) in [6.07, 6.45) is 2.73. The normalized spacial score (nSPS) is 11.5. The van der Waals surface area contributed by atoms with E-state index in [0.29, 0.717) is 23.2 Å². The number of benzene rings is 1. The van der Waals surface area contributed by atoms with Crippen molar-refractivity contribution >= 4 is 11.6 Å². The number of nitrogens with zero attached hydrogens (tertiary/aromatic N) is 1. The lowest BCUT2D eigenvalue weighted by atomic mass is 9.82. The van der Waals surface area contributed by atoms with Crippen LogP contribution in [0.1, 0.15) is 38.3 Å². The second-order valence-corrected chi connectivity index (χ2v) is 6.04. The molecule has 0 fully saturated rings. The Bertz CT molecular complexity index is 609. The highest BCUT2D eigenvalue weighted by molar-refractivity contribution is 6.32. The number of aromatic nitrogens is 1. The largest absolute Gasteiger partial charge is 0.438 e. The molecule has 0 amide bonds. The summed E-state index contributed by atoms with van der Waals surface area (Å²) in [6.45, 7) is 7.01. The van der Waals surface area contributed by atoms with Crippen molar-refractivity contribution in [1.82, 2.24) is 4.98 Å². The molecule has 112 valence electrons. The molecule has 1 aromatic heterocycles. The summed E-state index contributed by atoms with van der Waals surface area (Å²) < 4.78 is 5.75. The van der Waals surface area contributed by atoms with E-state index in [4.69, 9.17) is 22.1 Å². The van der Waals surface area contributed by atoms with Crippen LogP contribution >= 0.6 is 11.6 Å². The second-order valence-electron chi connectivity index (χ2n) is 5.66. The fraction of sp³-hybridized carbons (Fsp3) is 0.353. The first-order chi connectivity index (χ1) is 9.97. The molecule has 2 N–H and O–H groups in total. The maximum absolute atomic E-state index is 6.22. The van der Waals surface area contributed by atoms with Gasteiger partial charge in [-0.05, 0) is 41.2 Å². The number of ether oxygens (including phenoxy) is 1. The quantitative estimate of drug-likeness (QED) is 0.873. The van der Waals surface area contributed by atoms with Gasteiger partial charge in [0, 0.05) is 12.7 Å². The molecule has 0 aliphatic heterocycles. The van der Waals surface area contributed by atoms with E-state index in [1.165, 1.54) is 5.56 Å². The summed E-state index contributed by atoms with van der Waals surface area (Å²) in [5, 5.41) is 0.470. The first kappa shape index (κ1) is 15.8. The predicted octanol–water partition coefficient (Wildman–Crippen LogP) is 4.67. The summed E-state index contributed by atoms with van der Waals surface area (Å²) in [7, 11) is 0. The van der Waals surface area contributed by atoms with Crippen molar-refractivity contribution in [3.05, 3.63) is 52.7 Å². The molecular formula is C17H21ClN2O. The van der Waals surface area contributed by atoms with Crippen molar-refractivity contribution in [2.24, 2.45) is 5.73 Å². The maximum atomic E-state index is 6.22. The minimum absolute atomic E-state index is 0.161. The molecule has 0 spiro atoms. The molecule has 1 heterocycles. The molecule has 3 nitrogen and oxygen atoms in total. The van der Waals surface area contributed by atoms with E-state index >= 15 is 0 Å². The fourth-order valence-electron chi connectivity index (χ4n) is 1.98. The molecular weight excluding hydrogens is 284 g/mol. The van der Waals surface area contributed by atoms with Crippen LogP contribution in [0.25, 0.3) is 0 Å². The summed E-state index contributed by atoms with van der Waals surface area (Å²) in [5.74, 6) is 1.11. The molecule has 21 heavy (non-hydrogen) atoms. The predicted molar refractivity (Wildman–Crippen MR) is 87.0 cm³/mol. The van der Waals surface area contributed by atoms with Crippen molar-refractivity contribution in [3.8, 4) is 11.6 Å². The van der Waals surface area contributed by atoms with Gasteiger partial charge in [-0.1, -0.05) is 44.5 Å². The van der Waals surface area contributed by atoms with E-state index in [2.05, 4.69) is 37.9 Å². The molecule has 0 aliphatic carbocycles. The van der Waals surface area contributed by atoms with Crippen LogP contribution in [0.3, 0.4) is 0 Å². The zero-order valence-corrected chi connectivity index (χ0v) is 13.4. The minimum atomic E-state index is 0.161. The van der Waals surface area contributed by atoms with Gasteiger partial charge in [-0.2, -0.15) is 0 Å². The summed E-state index contributed by atoms with van der Waals surface area (Å²) in [4.78, 5) is 4.16. The van der Waals surface area contributed by atoms with Gasteiger partial charge in [0.25, 0.3) is 0 Å². The number of halogens is 1. The zero-order chi connectivity index (χ0) is 15.5. The monoisotopic (exact) mass is 304 g/mol. The SMILES string of the molecule is CCC(C)(C)c1ccc(Oc2nccc(CN)c2Cl)cc1. The first-order valence-electron chi connectivity index (χ1n) is 7.09. The zero-order valence-electron chi connectivity index (χ0n) is 12.7. The average molecular weight is 305 g/mol. The fourth-order valence-corrected chi connectivity index (χ4v) is 2.21. The Balaban J connectivity index is 2.22. The smallest absolute Gasteiger partial charge is 0.238 e. The average Bonchev–Trinajstić information content (AvgIpc) is 2.50. The van der Waals surface area contributed by atoms with E-state index < -0.39 is 0 Å². The summed E-state index contributed by atoms with van der Waals surface area (Å²) >= 11 is 6.22. The van der Waals surface area contributed by atoms with Crippen molar-refractivity contribution in [2.75, 3.05) is 0 Å². The van der Waals surface area contributed by atoms with E-state index in [-0.39, 0.29) is 5.41 Å². The summed E-state index contributed by atoms with van der Waals surface area (Å²) in [5.41, 5.74) is 7.90. The van der Waals surface area contributed by atoms with Crippen LogP contribution in [0.2, 0.25) is 5.02 Å². The molecule has 4 heteroatoms. The molecule has 0 radical (unpaired) electrons. The minimum Gasteiger partial charge on any atom is -0.438 e. The lowest BCUT2D eigenvalue weighted by Crippen LogP contribution is -2.14. The number of hydrogen-bond donors (Lipinski definition) is 1. The Morgan fingerprint density at radius 3 is 2.43 bits per heavy atom. The van der Waals surface area contributed by atoms with Gasteiger partial charge in [-0.3, -0.25) is 0 Å². The molecule has 0 unspecified atom stereocenters. The Labute approximate surface area is 131 Å². The van der Waals surface area contributed by atoms with Gasteiger partial charge in [0.2, 0.25) is 5.88 Å². The lowest BCUT2D eigenvalue weighted by Gasteiger charge is -2.23. The third kappa shape index (κ3) is 3.55. The molecule has 2 rings (SSSR count). The van der Waals surface area contributed by atoms with Crippen LogP contribution < -0.4 is 10.5 Å².